The molecule has 3 rings (SSSR count). The number of nitrogens with one attached hydrogen (secondary N) is 2. The molecule has 0 bridgehead atoms. The smallest absolute Gasteiger partial charge is 0.123 e. The first-order chi connectivity index (χ1) is 11.4. The lowest BCUT2D eigenvalue weighted by atomic mass is 9.87. The fourth-order valence-corrected chi connectivity index (χ4v) is 3.44. The van der Waals surface area contributed by atoms with Crippen molar-refractivity contribution in [3.05, 3.63) is 65.2 Å². The number of halogens is 3. The van der Waals surface area contributed by atoms with Crippen molar-refractivity contribution in [2.24, 2.45) is 0 Å². The Balaban J connectivity index is 2.05. The average molecular weight is 367 g/mol. The van der Waals surface area contributed by atoms with Crippen LogP contribution in [0.15, 0.2) is 65.2 Å². The first-order valence-electron chi connectivity index (χ1n) is 7.45. The van der Waals surface area contributed by atoms with Crippen LogP contribution in [-0.4, -0.2) is 28.2 Å². The van der Waals surface area contributed by atoms with Gasteiger partial charge in [-0.25, -0.2) is 8.91 Å². The summed E-state index contributed by atoms with van der Waals surface area (Å²) in [4.78, 5) is 0. The Hall–Kier alpha value is -1.82. The Kier molecular flexibility index (Phi) is 4.67. The van der Waals surface area contributed by atoms with Crippen LogP contribution in [0, 0.1) is 0 Å². The van der Waals surface area contributed by atoms with Gasteiger partial charge in [0.25, 0.3) is 0 Å². The van der Waals surface area contributed by atoms with E-state index in [4.69, 9.17) is 23.2 Å². The van der Waals surface area contributed by atoms with Crippen LogP contribution in [0.25, 0.3) is 5.52 Å². The summed E-state index contributed by atoms with van der Waals surface area (Å²) in [6.07, 6.45) is 4.19. The first kappa shape index (κ1) is 17.0. The third kappa shape index (κ3) is 3.07. The Morgan fingerprint density at radius 2 is 2.12 bits per heavy atom. The van der Waals surface area contributed by atoms with Crippen LogP contribution in [0.3, 0.4) is 0 Å². The van der Waals surface area contributed by atoms with E-state index in [1.807, 2.05) is 24.4 Å². The van der Waals surface area contributed by atoms with E-state index in [2.05, 4.69) is 28.9 Å². The number of fused-ring (bicyclic) bond motifs is 1. The summed E-state index contributed by atoms with van der Waals surface area (Å²) in [6, 6.07) is 5.75. The monoisotopic (exact) mass is 366 g/mol. The second-order valence-corrected chi connectivity index (χ2v) is 6.59. The summed E-state index contributed by atoms with van der Waals surface area (Å²) in [5, 5.41) is 11.0. The molecule has 2 aromatic rings. The predicted molar refractivity (Wildman–Crippen MR) is 97.2 cm³/mol. The number of hydrogen-bond acceptors (Lipinski definition) is 3. The van der Waals surface area contributed by atoms with Crippen LogP contribution >= 0.6 is 23.2 Å². The van der Waals surface area contributed by atoms with E-state index < -0.39 is 11.4 Å². The quantitative estimate of drug-likeness (QED) is 0.778. The van der Waals surface area contributed by atoms with Crippen LogP contribution in [0.5, 0.6) is 0 Å². The molecule has 0 spiro atoms. The van der Waals surface area contributed by atoms with Gasteiger partial charge in [0.15, 0.2) is 0 Å². The first-order valence-corrected chi connectivity index (χ1v) is 8.21. The molecule has 1 aliphatic rings. The average Bonchev–Trinajstić information content (AvgIpc) is 3.16. The summed E-state index contributed by atoms with van der Waals surface area (Å²) < 4.78 is 16.0. The summed E-state index contributed by atoms with van der Waals surface area (Å²) in [5.41, 5.74) is 1.23. The third-order valence-electron chi connectivity index (χ3n) is 4.14. The van der Waals surface area contributed by atoms with Crippen LogP contribution in [0.2, 0.25) is 0 Å². The highest BCUT2D eigenvalue weighted by molar-refractivity contribution is 6.44. The number of anilines is 1. The molecule has 2 aromatic heterocycles. The molecular formula is C17H17Cl2FN4. The van der Waals surface area contributed by atoms with Crippen molar-refractivity contribution in [1.29, 1.82) is 0 Å². The van der Waals surface area contributed by atoms with Crippen molar-refractivity contribution >= 4 is 34.4 Å². The van der Waals surface area contributed by atoms with Crippen molar-refractivity contribution in [1.82, 2.24) is 14.9 Å². The number of nitrogens with zero attached hydrogens (tertiary/aromatic N) is 2. The Bertz CT molecular complexity index is 834. The Morgan fingerprint density at radius 1 is 1.33 bits per heavy atom. The van der Waals surface area contributed by atoms with Gasteiger partial charge in [-0.2, -0.15) is 5.10 Å². The van der Waals surface area contributed by atoms with E-state index >= 15 is 0 Å². The molecular weight excluding hydrogens is 350 g/mol. The maximum absolute atomic E-state index is 14.3. The molecule has 0 amide bonds. The van der Waals surface area contributed by atoms with Crippen molar-refractivity contribution < 1.29 is 4.39 Å². The lowest BCUT2D eigenvalue weighted by Gasteiger charge is -2.33. The molecule has 1 aliphatic heterocycles. The largest absolute Gasteiger partial charge is 0.373 e. The fraction of sp³-hybridized carbons (Fsp3) is 0.235. The molecule has 0 radical (unpaired) electrons. The molecule has 126 valence electrons. The molecule has 1 saturated heterocycles. The second-order valence-electron chi connectivity index (χ2n) is 5.75. The number of hydrogen-bond donors (Lipinski definition) is 2. The molecule has 0 aromatic carbocycles. The topological polar surface area (TPSA) is 41.4 Å². The van der Waals surface area contributed by atoms with E-state index in [0.717, 1.165) is 11.2 Å². The predicted octanol–water partition coefficient (Wildman–Crippen LogP) is 4.21. The number of pyridine rings is 1. The van der Waals surface area contributed by atoms with Crippen molar-refractivity contribution in [3.63, 3.8) is 0 Å². The van der Waals surface area contributed by atoms with E-state index in [9.17, 15) is 4.39 Å². The maximum Gasteiger partial charge on any atom is 0.123 e. The lowest BCUT2D eigenvalue weighted by molar-refractivity contribution is 0.545. The molecule has 1 fully saturated rings. The Morgan fingerprint density at radius 3 is 2.75 bits per heavy atom. The zero-order chi connectivity index (χ0) is 17.3. The molecule has 0 saturated carbocycles. The molecule has 24 heavy (non-hydrogen) atoms. The molecule has 0 aliphatic carbocycles. The van der Waals surface area contributed by atoms with Gasteiger partial charge in [0.2, 0.25) is 0 Å². The molecule has 1 atom stereocenters. The van der Waals surface area contributed by atoms with Gasteiger partial charge in [-0.05, 0) is 31.2 Å². The molecule has 3 heterocycles. The molecule has 7 heteroatoms. The second kappa shape index (κ2) is 6.59. The van der Waals surface area contributed by atoms with Gasteiger partial charge < -0.3 is 10.6 Å². The Labute approximate surface area is 149 Å². The van der Waals surface area contributed by atoms with Gasteiger partial charge in [0.05, 0.1) is 33.0 Å². The van der Waals surface area contributed by atoms with E-state index in [1.54, 1.807) is 10.7 Å². The fourth-order valence-electron chi connectivity index (χ4n) is 3.06. The van der Waals surface area contributed by atoms with E-state index in [-0.39, 0.29) is 15.6 Å². The number of allylic oxidation sites excluding steroid dienone is 2. The summed E-state index contributed by atoms with van der Waals surface area (Å²) in [6.45, 7) is 8.25. The van der Waals surface area contributed by atoms with E-state index in [0.29, 0.717) is 19.5 Å². The highest BCUT2D eigenvalue weighted by Crippen LogP contribution is 2.39. The summed E-state index contributed by atoms with van der Waals surface area (Å²) in [5.74, 6) is -0.627. The minimum Gasteiger partial charge on any atom is -0.373 e. The van der Waals surface area contributed by atoms with Gasteiger partial charge in [0.1, 0.15) is 5.83 Å². The summed E-state index contributed by atoms with van der Waals surface area (Å²) >= 11 is 12.2. The minimum atomic E-state index is -0.762. The van der Waals surface area contributed by atoms with Crippen LogP contribution in [0.1, 0.15) is 6.42 Å². The number of aromatic nitrogens is 2. The minimum absolute atomic E-state index is 0.0838. The van der Waals surface area contributed by atoms with Crippen molar-refractivity contribution in [2.45, 2.75) is 12.0 Å². The standard InChI is InChI=1S/C17H17Cl2FN4/c1-11(18)16(19)15(12(2)20)17(6-8-21-10-17)23-13-3-4-14-5-7-22-24(14)9-13/h3-5,7,9,21,23H,1-2,6,8,10H2/b16-15-. The van der Waals surface area contributed by atoms with Gasteiger partial charge in [0, 0.05) is 18.3 Å². The van der Waals surface area contributed by atoms with Gasteiger partial charge >= 0.3 is 0 Å². The highest BCUT2D eigenvalue weighted by Gasteiger charge is 2.41. The molecule has 4 nitrogen and oxygen atoms in total. The number of rotatable bonds is 5. The highest BCUT2D eigenvalue weighted by atomic mass is 35.5. The van der Waals surface area contributed by atoms with Gasteiger partial charge in [-0.3, -0.25) is 0 Å². The maximum atomic E-state index is 14.3. The summed E-state index contributed by atoms with van der Waals surface area (Å²) in [7, 11) is 0. The van der Waals surface area contributed by atoms with Crippen molar-refractivity contribution in [3.8, 4) is 0 Å². The van der Waals surface area contributed by atoms with Crippen molar-refractivity contribution in [2.75, 3.05) is 18.4 Å². The van der Waals surface area contributed by atoms with E-state index in [1.165, 1.54) is 0 Å². The SMILES string of the molecule is C=C(Cl)/C(Cl)=C(\C(=C)F)C1(Nc2ccc3ccnn3c2)CCNC1. The molecule has 1 unspecified atom stereocenters. The zero-order valence-electron chi connectivity index (χ0n) is 13.0. The zero-order valence-corrected chi connectivity index (χ0v) is 14.5. The van der Waals surface area contributed by atoms with Gasteiger partial charge in [-0.15, -0.1) is 0 Å². The van der Waals surface area contributed by atoms with Crippen LogP contribution < -0.4 is 10.6 Å². The third-order valence-corrected chi connectivity index (χ3v) is 4.85. The van der Waals surface area contributed by atoms with Crippen LogP contribution in [-0.2, 0) is 0 Å². The lowest BCUT2D eigenvalue weighted by Crippen LogP contribution is -2.43. The molecule has 2 N–H and O–H groups in total. The normalized spacial score (nSPS) is 21.6. The van der Waals surface area contributed by atoms with Gasteiger partial charge in [-0.1, -0.05) is 36.4 Å². The van der Waals surface area contributed by atoms with Crippen LogP contribution in [0.4, 0.5) is 10.1 Å².